The number of benzene rings is 1. The molecule has 1 aromatic rings. The lowest BCUT2D eigenvalue weighted by atomic mass is 9.87. The molecular formula is C13H19ClN2O. The highest BCUT2D eigenvalue weighted by atomic mass is 35.5. The van der Waals surface area contributed by atoms with Crippen LogP contribution in [-0.4, -0.2) is 11.9 Å². The van der Waals surface area contributed by atoms with E-state index < -0.39 is 6.04 Å². The van der Waals surface area contributed by atoms with Crippen LogP contribution in [0.1, 0.15) is 26.3 Å². The Kier molecular flexibility index (Phi) is 4.17. The van der Waals surface area contributed by atoms with Crippen LogP contribution in [0.15, 0.2) is 18.2 Å². The van der Waals surface area contributed by atoms with Crippen molar-refractivity contribution in [2.75, 3.05) is 5.32 Å². The largest absolute Gasteiger partial charge is 0.323 e. The highest BCUT2D eigenvalue weighted by molar-refractivity contribution is 6.33. The van der Waals surface area contributed by atoms with Gasteiger partial charge in [-0.1, -0.05) is 38.4 Å². The molecule has 0 aliphatic carbocycles. The van der Waals surface area contributed by atoms with Gasteiger partial charge in [-0.3, -0.25) is 4.79 Å². The Morgan fingerprint density at radius 2 is 2.00 bits per heavy atom. The first-order valence-electron chi connectivity index (χ1n) is 5.54. The first-order chi connectivity index (χ1) is 7.71. The summed E-state index contributed by atoms with van der Waals surface area (Å²) in [7, 11) is 0. The fourth-order valence-electron chi connectivity index (χ4n) is 1.33. The van der Waals surface area contributed by atoms with Gasteiger partial charge in [0.05, 0.1) is 16.8 Å². The second-order valence-corrected chi connectivity index (χ2v) is 5.72. The average Bonchev–Trinajstić information content (AvgIpc) is 2.19. The van der Waals surface area contributed by atoms with Crippen LogP contribution in [-0.2, 0) is 4.79 Å². The minimum Gasteiger partial charge on any atom is -0.323 e. The Balaban J connectivity index is 2.82. The number of nitrogens with two attached hydrogens (primary N) is 1. The fourth-order valence-corrected chi connectivity index (χ4v) is 1.61. The van der Waals surface area contributed by atoms with Crippen LogP contribution in [0, 0.1) is 12.3 Å². The molecule has 0 saturated heterocycles. The van der Waals surface area contributed by atoms with Gasteiger partial charge in [0.25, 0.3) is 0 Å². The van der Waals surface area contributed by atoms with E-state index in [2.05, 4.69) is 5.32 Å². The van der Waals surface area contributed by atoms with E-state index in [0.717, 1.165) is 5.56 Å². The van der Waals surface area contributed by atoms with Crippen molar-refractivity contribution in [3.63, 3.8) is 0 Å². The Bertz CT molecular complexity index is 424. The summed E-state index contributed by atoms with van der Waals surface area (Å²) in [6.45, 7) is 7.72. The number of amides is 1. The summed E-state index contributed by atoms with van der Waals surface area (Å²) in [5, 5.41) is 3.28. The molecule has 0 aliphatic rings. The second-order valence-electron chi connectivity index (χ2n) is 5.32. The molecule has 1 atom stereocenters. The van der Waals surface area contributed by atoms with Gasteiger partial charge in [-0.25, -0.2) is 0 Å². The monoisotopic (exact) mass is 254 g/mol. The summed E-state index contributed by atoms with van der Waals surface area (Å²) >= 11 is 6.04. The van der Waals surface area contributed by atoms with Crippen molar-refractivity contribution in [1.29, 1.82) is 0 Å². The molecule has 1 aromatic carbocycles. The summed E-state index contributed by atoms with van der Waals surface area (Å²) in [5.41, 5.74) is 7.24. The lowest BCUT2D eigenvalue weighted by Gasteiger charge is -2.26. The minimum absolute atomic E-state index is 0.219. The molecule has 3 N–H and O–H groups in total. The van der Waals surface area contributed by atoms with Crippen molar-refractivity contribution < 1.29 is 4.79 Å². The Morgan fingerprint density at radius 1 is 1.41 bits per heavy atom. The van der Waals surface area contributed by atoms with Crippen molar-refractivity contribution >= 4 is 23.2 Å². The molecule has 0 unspecified atom stereocenters. The maximum atomic E-state index is 11.9. The predicted molar refractivity (Wildman–Crippen MR) is 72.2 cm³/mol. The van der Waals surface area contributed by atoms with Crippen molar-refractivity contribution in [3.8, 4) is 0 Å². The second kappa shape index (κ2) is 5.07. The van der Waals surface area contributed by atoms with E-state index in [1.807, 2.05) is 33.8 Å². The first-order valence-corrected chi connectivity index (χ1v) is 5.92. The number of nitrogens with one attached hydrogen (secondary N) is 1. The summed E-state index contributed by atoms with van der Waals surface area (Å²) in [5.74, 6) is -0.219. The molecule has 0 spiro atoms. The van der Waals surface area contributed by atoms with Gasteiger partial charge < -0.3 is 11.1 Å². The van der Waals surface area contributed by atoms with Gasteiger partial charge in [0.15, 0.2) is 0 Å². The Hall–Kier alpha value is -1.06. The maximum Gasteiger partial charge on any atom is 0.241 e. The van der Waals surface area contributed by atoms with Crippen molar-refractivity contribution in [2.24, 2.45) is 11.1 Å². The van der Waals surface area contributed by atoms with Gasteiger partial charge >= 0.3 is 0 Å². The van der Waals surface area contributed by atoms with Crippen molar-refractivity contribution in [3.05, 3.63) is 28.8 Å². The van der Waals surface area contributed by atoms with E-state index in [1.54, 1.807) is 12.1 Å². The fraction of sp³-hybridized carbons (Fsp3) is 0.462. The molecule has 0 bridgehead atoms. The van der Waals surface area contributed by atoms with Crippen LogP contribution < -0.4 is 11.1 Å². The standard InChI is InChI=1S/C13H19ClN2O/c1-8-5-6-10(9(14)7-8)16-12(17)11(15)13(2,3)4/h5-7,11H,15H2,1-4H3,(H,16,17)/t11-/m1/s1. The number of aryl methyl sites for hydroxylation is 1. The van der Waals surface area contributed by atoms with Crippen LogP contribution in [0.3, 0.4) is 0 Å². The molecule has 4 heteroatoms. The van der Waals surface area contributed by atoms with Crippen molar-refractivity contribution in [1.82, 2.24) is 0 Å². The minimum atomic E-state index is -0.570. The maximum absolute atomic E-state index is 11.9. The summed E-state index contributed by atoms with van der Waals surface area (Å²) in [6.07, 6.45) is 0. The number of carbonyl (C=O) groups is 1. The van der Waals surface area contributed by atoms with E-state index >= 15 is 0 Å². The molecule has 0 heterocycles. The summed E-state index contributed by atoms with van der Waals surface area (Å²) in [6, 6.07) is 4.91. The molecule has 94 valence electrons. The highest BCUT2D eigenvalue weighted by Crippen LogP contribution is 2.24. The normalized spacial score (nSPS) is 13.3. The Morgan fingerprint density at radius 3 is 2.47 bits per heavy atom. The van der Waals surface area contributed by atoms with Crippen molar-refractivity contribution in [2.45, 2.75) is 33.7 Å². The summed E-state index contributed by atoms with van der Waals surface area (Å²) < 4.78 is 0. The molecule has 0 fully saturated rings. The highest BCUT2D eigenvalue weighted by Gasteiger charge is 2.27. The third kappa shape index (κ3) is 3.72. The smallest absolute Gasteiger partial charge is 0.241 e. The van der Waals surface area contributed by atoms with Gasteiger partial charge in [0.2, 0.25) is 5.91 Å². The average molecular weight is 255 g/mol. The van der Waals surface area contributed by atoms with Gasteiger partial charge in [-0.05, 0) is 30.0 Å². The zero-order valence-corrected chi connectivity index (χ0v) is 11.4. The van der Waals surface area contributed by atoms with E-state index in [-0.39, 0.29) is 11.3 Å². The number of anilines is 1. The number of halogens is 1. The van der Waals surface area contributed by atoms with Crippen LogP contribution in [0.25, 0.3) is 0 Å². The molecule has 0 radical (unpaired) electrons. The lowest BCUT2D eigenvalue weighted by Crippen LogP contribution is -2.45. The number of carbonyl (C=O) groups excluding carboxylic acids is 1. The van der Waals surface area contributed by atoms with E-state index in [0.29, 0.717) is 10.7 Å². The van der Waals surface area contributed by atoms with Crippen LogP contribution in [0.2, 0.25) is 5.02 Å². The zero-order chi connectivity index (χ0) is 13.2. The van der Waals surface area contributed by atoms with Crippen LogP contribution >= 0.6 is 11.6 Å². The Labute approximate surface area is 107 Å². The zero-order valence-electron chi connectivity index (χ0n) is 10.7. The van der Waals surface area contributed by atoms with Crippen LogP contribution in [0.5, 0.6) is 0 Å². The van der Waals surface area contributed by atoms with Gasteiger partial charge in [-0.15, -0.1) is 0 Å². The number of hydrogen-bond acceptors (Lipinski definition) is 2. The molecule has 17 heavy (non-hydrogen) atoms. The summed E-state index contributed by atoms with van der Waals surface area (Å²) in [4.78, 5) is 11.9. The molecule has 0 saturated carbocycles. The SMILES string of the molecule is Cc1ccc(NC(=O)[C@@H](N)C(C)(C)C)c(Cl)c1. The quantitative estimate of drug-likeness (QED) is 0.853. The third-order valence-electron chi connectivity index (χ3n) is 2.60. The third-order valence-corrected chi connectivity index (χ3v) is 2.91. The molecule has 1 amide bonds. The van der Waals surface area contributed by atoms with Gasteiger partial charge in [0, 0.05) is 0 Å². The molecular weight excluding hydrogens is 236 g/mol. The predicted octanol–water partition coefficient (Wildman–Crippen LogP) is 2.96. The lowest BCUT2D eigenvalue weighted by molar-refractivity contribution is -0.119. The van der Waals surface area contributed by atoms with Crippen LogP contribution in [0.4, 0.5) is 5.69 Å². The van der Waals surface area contributed by atoms with E-state index in [9.17, 15) is 4.79 Å². The molecule has 3 nitrogen and oxygen atoms in total. The number of rotatable bonds is 2. The molecule has 1 rings (SSSR count). The topological polar surface area (TPSA) is 55.1 Å². The van der Waals surface area contributed by atoms with E-state index in [4.69, 9.17) is 17.3 Å². The molecule has 0 aromatic heterocycles. The molecule has 0 aliphatic heterocycles. The van der Waals surface area contributed by atoms with Gasteiger partial charge in [0.1, 0.15) is 0 Å². The number of hydrogen-bond donors (Lipinski definition) is 2. The van der Waals surface area contributed by atoms with E-state index in [1.165, 1.54) is 0 Å². The first kappa shape index (κ1) is 14.0. The van der Waals surface area contributed by atoms with Gasteiger partial charge in [-0.2, -0.15) is 0 Å².